The molecule has 2 aromatic heterocycles. The second kappa shape index (κ2) is 6.28. The molecule has 3 heterocycles. The Balaban J connectivity index is 1.74. The fourth-order valence-electron chi connectivity index (χ4n) is 3.15. The van der Waals surface area contributed by atoms with Gasteiger partial charge in [0.25, 0.3) is 5.89 Å². The highest BCUT2D eigenvalue weighted by Gasteiger charge is 2.37. The Morgan fingerprint density at radius 3 is 2.87 bits per heavy atom. The lowest BCUT2D eigenvalue weighted by Gasteiger charge is -2.31. The van der Waals surface area contributed by atoms with E-state index in [-0.39, 0.29) is 11.5 Å². The van der Waals surface area contributed by atoms with Crippen molar-refractivity contribution in [3.8, 4) is 11.5 Å². The van der Waals surface area contributed by atoms with Crippen molar-refractivity contribution in [2.45, 2.75) is 40.2 Å². The van der Waals surface area contributed by atoms with Gasteiger partial charge in [0.05, 0.1) is 11.7 Å². The van der Waals surface area contributed by atoms with Gasteiger partial charge in [0, 0.05) is 25.3 Å². The molecule has 2 aromatic rings. The van der Waals surface area contributed by atoms with E-state index in [1.165, 1.54) is 0 Å². The number of aromatic nitrogens is 3. The molecule has 6 heteroatoms. The number of nitrogens with zero attached hydrogens (tertiary/aromatic N) is 3. The summed E-state index contributed by atoms with van der Waals surface area (Å²) in [6.45, 7) is 10.1. The molecular formula is C17H24N4O2. The van der Waals surface area contributed by atoms with E-state index in [1.807, 2.05) is 12.1 Å². The van der Waals surface area contributed by atoms with Crippen LogP contribution in [0.4, 0.5) is 5.82 Å². The van der Waals surface area contributed by atoms with Crippen LogP contribution in [0.1, 0.15) is 33.0 Å². The molecule has 1 N–H and O–H groups in total. The smallest absolute Gasteiger partial charge is 0.261 e. The first-order valence-corrected chi connectivity index (χ1v) is 8.06. The molecule has 1 saturated heterocycles. The van der Waals surface area contributed by atoms with E-state index in [9.17, 15) is 0 Å². The van der Waals surface area contributed by atoms with Gasteiger partial charge in [-0.15, -0.1) is 0 Å². The highest BCUT2D eigenvalue weighted by Crippen LogP contribution is 2.35. The molecule has 2 atom stereocenters. The van der Waals surface area contributed by atoms with Gasteiger partial charge in [0.15, 0.2) is 5.82 Å². The largest absolute Gasteiger partial charge is 0.377 e. The zero-order valence-electron chi connectivity index (χ0n) is 14.2. The minimum Gasteiger partial charge on any atom is -0.377 e. The van der Waals surface area contributed by atoms with Gasteiger partial charge in [0.1, 0.15) is 5.82 Å². The van der Waals surface area contributed by atoms with Crippen molar-refractivity contribution in [1.29, 1.82) is 0 Å². The number of rotatable bonds is 4. The van der Waals surface area contributed by atoms with Crippen molar-refractivity contribution >= 4 is 5.82 Å². The normalized spacial score (nSPS) is 21.6. The van der Waals surface area contributed by atoms with E-state index in [0.29, 0.717) is 17.6 Å². The van der Waals surface area contributed by atoms with E-state index >= 15 is 0 Å². The molecule has 124 valence electrons. The highest BCUT2D eigenvalue weighted by atomic mass is 16.5. The first-order chi connectivity index (χ1) is 10.9. The number of anilines is 1. The van der Waals surface area contributed by atoms with Crippen LogP contribution in [0.3, 0.4) is 0 Å². The number of hydrogen-bond donors (Lipinski definition) is 1. The lowest BCUT2D eigenvalue weighted by molar-refractivity contribution is 0.00956. The summed E-state index contributed by atoms with van der Waals surface area (Å²) < 4.78 is 11.2. The third kappa shape index (κ3) is 3.52. The topological polar surface area (TPSA) is 73.1 Å². The maximum atomic E-state index is 5.94. The molecule has 0 spiro atoms. The predicted octanol–water partition coefficient (Wildman–Crippen LogP) is 3.30. The first-order valence-electron chi connectivity index (χ1n) is 8.06. The molecule has 1 aliphatic heterocycles. The Kier molecular flexibility index (Phi) is 4.35. The SMILES string of the molecule is Cc1noc(-c2cccnc2NC[C@@H]2CCO[C@@H]2C(C)(C)C)n1. The molecule has 0 bridgehead atoms. The Bertz CT molecular complexity index is 663. The van der Waals surface area contributed by atoms with Crippen LogP contribution in [0.5, 0.6) is 0 Å². The Morgan fingerprint density at radius 1 is 1.35 bits per heavy atom. The van der Waals surface area contributed by atoms with Crippen LogP contribution in [-0.4, -0.2) is 34.4 Å². The second-order valence-corrected chi connectivity index (χ2v) is 7.13. The minimum absolute atomic E-state index is 0.138. The van der Waals surface area contributed by atoms with Crippen LogP contribution in [0, 0.1) is 18.3 Å². The molecule has 1 fully saturated rings. The fourth-order valence-corrected chi connectivity index (χ4v) is 3.15. The van der Waals surface area contributed by atoms with Crippen LogP contribution < -0.4 is 5.32 Å². The summed E-state index contributed by atoms with van der Waals surface area (Å²) >= 11 is 0. The Hall–Kier alpha value is -1.95. The quantitative estimate of drug-likeness (QED) is 0.933. The standard InChI is InChI=1S/C17H24N4O2/c1-11-20-16(23-21-11)13-6-5-8-18-15(13)19-10-12-7-9-22-14(12)17(2,3)4/h5-6,8,12,14H,7,9-10H2,1-4H3,(H,18,19)/t12-,14-/m0/s1. The molecule has 0 unspecified atom stereocenters. The molecule has 0 aromatic carbocycles. The molecule has 0 radical (unpaired) electrons. The van der Waals surface area contributed by atoms with Gasteiger partial charge in [-0.25, -0.2) is 4.98 Å². The van der Waals surface area contributed by atoms with Gasteiger partial charge in [0.2, 0.25) is 0 Å². The third-order valence-electron chi connectivity index (χ3n) is 4.17. The summed E-state index contributed by atoms with van der Waals surface area (Å²) in [5.74, 6) is 2.35. The molecular weight excluding hydrogens is 292 g/mol. The van der Waals surface area contributed by atoms with Crippen LogP contribution in [0.25, 0.3) is 11.5 Å². The molecule has 0 amide bonds. The number of nitrogens with one attached hydrogen (secondary N) is 1. The average Bonchev–Trinajstić information content (AvgIpc) is 3.13. The summed E-state index contributed by atoms with van der Waals surface area (Å²) in [7, 11) is 0. The number of ether oxygens (including phenoxy) is 1. The van der Waals surface area contributed by atoms with Gasteiger partial charge < -0.3 is 14.6 Å². The average molecular weight is 316 g/mol. The minimum atomic E-state index is 0.138. The predicted molar refractivity (Wildman–Crippen MR) is 88.1 cm³/mol. The van der Waals surface area contributed by atoms with Crippen LogP contribution in [0.2, 0.25) is 0 Å². The number of pyridine rings is 1. The van der Waals surface area contributed by atoms with Crippen molar-refractivity contribution in [3.05, 3.63) is 24.2 Å². The van der Waals surface area contributed by atoms with Gasteiger partial charge in [-0.2, -0.15) is 4.98 Å². The van der Waals surface area contributed by atoms with Crippen LogP contribution in [-0.2, 0) is 4.74 Å². The van der Waals surface area contributed by atoms with Crippen molar-refractivity contribution in [2.24, 2.45) is 11.3 Å². The highest BCUT2D eigenvalue weighted by molar-refractivity contribution is 5.68. The monoisotopic (exact) mass is 316 g/mol. The van der Waals surface area contributed by atoms with Gasteiger partial charge >= 0.3 is 0 Å². The van der Waals surface area contributed by atoms with E-state index in [0.717, 1.165) is 31.0 Å². The maximum Gasteiger partial charge on any atom is 0.261 e. The number of hydrogen-bond acceptors (Lipinski definition) is 6. The molecule has 3 rings (SSSR count). The Labute approximate surface area is 136 Å². The lowest BCUT2D eigenvalue weighted by atomic mass is 9.81. The van der Waals surface area contributed by atoms with Crippen LogP contribution in [0.15, 0.2) is 22.9 Å². The van der Waals surface area contributed by atoms with Gasteiger partial charge in [-0.3, -0.25) is 0 Å². The summed E-state index contributed by atoms with van der Waals surface area (Å²) in [5.41, 5.74) is 0.971. The molecule has 6 nitrogen and oxygen atoms in total. The van der Waals surface area contributed by atoms with Crippen molar-refractivity contribution in [3.63, 3.8) is 0 Å². The van der Waals surface area contributed by atoms with Gasteiger partial charge in [-0.1, -0.05) is 25.9 Å². The fraction of sp³-hybridized carbons (Fsp3) is 0.588. The molecule has 0 saturated carbocycles. The Morgan fingerprint density at radius 2 is 2.17 bits per heavy atom. The molecule has 23 heavy (non-hydrogen) atoms. The molecule has 1 aliphatic rings. The summed E-state index contributed by atoms with van der Waals surface area (Å²) in [6.07, 6.45) is 3.09. The number of aryl methyl sites for hydroxylation is 1. The third-order valence-corrected chi connectivity index (χ3v) is 4.17. The maximum absolute atomic E-state index is 5.94. The van der Waals surface area contributed by atoms with E-state index in [1.54, 1.807) is 13.1 Å². The summed E-state index contributed by atoms with van der Waals surface area (Å²) in [6, 6.07) is 3.81. The first kappa shape index (κ1) is 15.9. The van der Waals surface area contributed by atoms with Crippen molar-refractivity contribution in [2.75, 3.05) is 18.5 Å². The summed E-state index contributed by atoms with van der Waals surface area (Å²) in [4.78, 5) is 8.73. The van der Waals surface area contributed by atoms with E-state index < -0.39 is 0 Å². The zero-order valence-corrected chi connectivity index (χ0v) is 14.2. The van der Waals surface area contributed by atoms with Gasteiger partial charge in [-0.05, 0) is 30.9 Å². The van der Waals surface area contributed by atoms with E-state index in [4.69, 9.17) is 9.26 Å². The van der Waals surface area contributed by atoms with Crippen molar-refractivity contribution in [1.82, 2.24) is 15.1 Å². The van der Waals surface area contributed by atoms with Crippen LogP contribution >= 0.6 is 0 Å². The zero-order chi connectivity index (χ0) is 16.4. The second-order valence-electron chi connectivity index (χ2n) is 7.13. The summed E-state index contributed by atoms with van der Waals surface area (Å²) in [5, 5.41) is 7.30. The lowest BCUT2D eigenvalue weighted by Crippen LogP contribution is -2.34. The van der Waals surface area contributed by atoms with E-state index in [2.05, 4.69) is 41.2 Å². The molecule has 0 aliphatic carbocycles. The van der Waals surface area contributed by atoms with Crippen molar-refractivity contribution < 1.29 is 9.26 Å².